The zero-order chi connectivity index (χ0) is 13.7. The summed E-state index contributed by atoms with van der Waals surface area (Å²) in [6, 6.07) is 7.96. The van der Waals surface area contributed by atoms with Crippen molar-refractivity contribution in [2.75, 3.05) is 0 Å². The van der Waals surface area contributed by atoms with E-state index in [0.717, 1.165) is 5.56 Å². The number of hydrogen-bond donors (Lipinski definition) is 1. The van der Waals surface area contributed by atoms with Crippen LogP contribution in [0.3, 0.4) is 0 Å². The molecule has 5 heteroatoms. The lowest BCUT2D eigenvalue weighted by molar-refractivity contribution is -0.120. The second-order valence-electron chi connectivity index (χ2n) is 4.00. The second-order valence-corrected chi connectivity index (χ2v) is 4.78. The van der Waals surface area contributed by atoms with Crippen LogP contribution in [0.15, 0.2) is 35.0 Å². The molecule has 0 spiro atoms. The number of nitriles is 1. The van der Waals surface area contributed by atoms with Gasteiger partial charge in [0.2, 0.25) is 5.91 Å². The van der Waals surface area contributed by atoms with Crippen LogP contribution in [-0.2, 0) is 17.8 Å². The van der Waals surface area contributed by atoms with Crippen molar-refractivity contribution in [2.45, 2.75) is 13.0 Å². The first kappa shape index (κ1) is 13.2. The summed E-state index contributed by atoms with van der Waals surface area (Å²) in [5.41, 5.74) is 1.59. The van der Waals surface area contributed by atoms with E-state index in [0.29, 0.717) is 12.0 Å². The number of carbonyl (C=O) groups is 1. The first-order chi connectivity index (χ1) is 9.19. The van der Waals surface area contributed by atoms with E-state index < -0.39 is 5.82 Å². The first-order valence-corrected chi connectivity index (χ1v) is 6.59. The minimum Gasteiger partial charge on any atom is -0.352 e. The maximum Gasteiger partial charge on any atom is 0.224 e. The predicted octanol–water partition coefficient (Wildman–Crippen LogP) is 2.62. The highest BCUT2D eigenvalue weighted by atomic mass is 32.1. The van der Waals surface area contributed by atoms with Crippen molar-refractivity contribution in [3.8, 4) is 6.07 Å². The predicted molar refractivity (Wildman–Crippen MR) is 71.0 cm³/mol. The molecule has 3 nitrogen and oxygen atoms in total. The minimum atomic E-state index is -0.477. The summed E-state index contributed by atoms with van der Waals surface area (Å²) in [5, 5.41) is 15.1. The molecule has 1 N–H and O–H groups in total. The van der Waals surface area contributed by atoms with Crippen molar-refractivity contribution in [3.63, 3.8) is 0 Å². The van der Waals surface area contributed by atoms with E-state index in [4.69, 9.17) is 5.26 Å². The molecule has 0 fully saturated rings. The Kier molecular flexibility index (Phi) is 4.26. The number of nitrogens with zero attached hydrogens (tertiary/aromatic N) is 1. The maximum absolute atomic E-state index is 13.6. The Morgan fingerprint density at radius 3 is 2.89 bits per heavy atom. The molecule has 0 aliphatic heterocycles. The minimum absolute atomic E-state index is 0.126. The van der Waals surface area contributed by atoms with Gasteiger partial charge < -0.3 is 5.32 Å². The standard InChI is InChI=1S/C14H11FN2OS/c15-13-5-10(7-16)1-2-12(13)8-17-14(18)6-11-3-4-19-9-11/h1-5,9H,6,8H2,(H,17,18). The molecule has 0 bridgehead atoms. The van der Waals surface area contributed by atoms with Crippen LogP contribution in [-0.4, -0.2) is 5.91 Å². The number of rotatable bonds is 4. The van der Waals surface area contributed by atoms with Crippen molar-refractivity contribution in [1.29, 1.82) is 5.26 Å². The van der Waals surface area contributed by atoms with Crippen LogP contribution < -0.4 is 5.32 Å². The number of hydrogen-bond acceptors (Lipinski definition) is 3. The quantitative estimate of drug-likeness (QED) is 0.931. The lowest BCUT2D eigenvalue weighted by Crippen LogP contribution is -2.24. The lowest BCUT2D eigenvalue weighted by atomic mass is 10.1. The largest absolute Gasteiger partial charge is 0.352 e. The van der Waals surface area contributed by atoms with Gasteiger partial charge in [-0.3, -0.25) is 4.79 Å². The lowest BCUT2D eigenvalue weighted by Gasteiger charge is -2.06. The molecular formula is C14H11FN2OS. The highest BCUT2D eigenvalue weighted by Crippen LogP contribution is 2.10. The second kappa shape index (κ2) is 6.12. The average molecular weight is 274 g/mol. The van der Waals surface area contributed by atoms with Gasteiger partial charge in [0.25, 0.3) is 0 Å². The van der Waals surface area contributed by atoms with Gasteiger partial charge in [0.15, 0.2) is 0 Å². The van der Waals surface area contributed by atoms with E-state index in [1.807, 2.05) is 22.9 Å². The third-order valence-electron chi connectivity index (χ3n) is 2.60. The van der Waals surface area contributed by atoms with Crippen LogP contribution >= 0.6 is 11.3 Å². The molecule has 0 atom stereocenters. The number of nitrogens with one attached hydrogen (secondary N) is 1. The van der Waals surface area contributed by atoms with E-state index in [9.17, 15) is 9.18 Å². The van der Waals surface area contributed by atoms with Crippen LogP contribution in [0.5, 0.6) is 0 Å². The molecule has 1 aromatic carbocycles. The van der Waals surface area contributed by atoms with Crippen LogP contribution in [0.25, 0.3) is 0 Å². The summed E-state index contributed by atoms with van der Waals surface area (Å²) in [6.45, 7) is 0.126. The highest BCUT2D eigenvalue weighted by Gasteiger charge is 2.07. The summed E-state index contributed by atoms with van der Waals surface area (Å²) in [4.78, 5) is 11.6. The van der Waals surface area contributed by atoms with Gasteiger partial charge in [-0.15, -0.1) is 0 Å². The first-order valence-electron chi connectivity index (χ1n) is 5.65. The van der Waals surface area contributed by atoms with Gasteiger partial charge in [0.05, 0.1) is 18.1 Å². The number of carbonyl (C=O) groups excluding carboxylic acids is 1. The molecule has 19 heavy (non-hydrogen) atoms. The Labute approximate surface area is 114 Å². The van der Waals surface area contributed by atoms with E-state index in [-0.39, 0.29) is 18.0 Å². The molecule has 96 valence electrons. The van der Waals surface area contributed by atoms with Crippen molar-refractivity contribution < 1.29 is 9.18 Å². The van der Waals surface area contributed by atoms with Crippen molar-refractivity contribution in [1.82, 2.24) is 5.32 Å². The van der Waals surface area contributed by atoms with E-state index in [2.05, 4.69) is 5.32 Å². The summed E-state index contributed by atoms with van der Waals surface area (Å²) in [6.07, 6.45) is 0.293. The Morgan fingerprint density at radius 1 is 1.42 bits per heavy atom. The molecule has 1 heterocycles. The van der Waals surface area contributed by atoms with Crippen LogP contribution in [0.1, 0.15) is 16.7 Å². The SMILES string of the molecule is N#Cc1ccc(CNC(=O)Cc2ccsc2)c(F)c1. The molecule has 0 saturated heterocycles. The van der Waals surface area contributed by atoms with Gasteiger partial charge in [0, 0.05) is 12.1 Å². The van der Waals surface area contributed by atoms with Gasteiger partial charge in [-0.05, 0) is 34.5 Å². The van der Waals surface area contributed by atoms with Crippen molar-refractivity contribution in [2.24, 2.45) is 0 Å². The van der Waals surface area contributed by atoms with Gasteiger partial charge in [0.1, 0.15) is 5.82 Å². The molecule has 0 unspecified atom stereocenters. The fourth-order valence-electron chi connectivity index (χ4n) is 1.60. The monoisotopic (exact) mass is 274 g/mol. The third kappa shape index (κ3) is 3.63. The molecule has 0 saturated carbocycles. The third-order valence-corrected chi connectivity index (χ3v) is 3.34. The fraction of sp³-hybridized carbons (Fsp3) is 0.143. The Hall–Kier alpha value is -2.19. The summed E-state index contributed by atoms with van der Waals surface area (Å²) >= 11 is 1.53. The van der Waals surface area contributed by atoms with Crippen LogP contribution in [0.2, 0.25) is 0 Å². The maximum atomic E-state index is 13.6. The molecule has 0 aliphatic carbocycles. The Bertz CT molecular complexity index is 617. The topological polar surface area (TPSA) is 52.9 Å². The van der Waals surface area contributed by atoms with Gasteiger partial charge in [-0.1, -0.05) is 6.07 Å². The molecular weight excluding hydrogens is 263 g/mol. The van der Waals surface area contributed by atoms with E-state index in [1.165, 1.54) is 29.5 Å². The fourth-order valence-corrected chi connectivity index (χ4v) is 2.26. The van der Waals surface area contributed by atoms with Gasteiger partial charge in [-0.25, -0.2) is 4.39 Å². The number of thiophene rings is 1. The van der Waals surface area contributed by atoms with E-state index in [1.54, 1.807) is 0 Å². The highest BCUT2D eigenvalue weighted by molar-refractivity contribution is 7.07. The van der Waals surface area contributed by atoms with Crippen LogP contribution in [0.4, 0.5) is 4.39 Å². The van der Waals surface area contributed by atoms with Crippen molar-refractivity contribution in [3.05, 3.63) is 57.5 Å². The summed E-state index contributed by atoms with van der Waals surface area (Å²) < 4.78 is 13.6. The smallest absolute Gasteiger partial charge is 0.224 e. The Morgan fingerprint density at radius 2 is 2.26 bits per heavy atom. The number of amides is 1. The summed E-state index contributed by atoms with van der Waals surface area (Å²) in [7, 11) is 0. The molecule has 1 aromatic heterocycles. The zero-order valence-electron chi connectivity index (χ0n) is 10.0. The number of benzene rings is 1. The average Bonchev–Trinajstić information content (AvgIpc) is 2.90. The van der Waals surface area contributed by atoms with Gasteiger partial charge >= 0.3 is 0 Å². The normalized spacial score (nSPS) is 9.89. The number of halogens is 1. The van der Waals surface area contributed by atoms with Gasteiger partial charge in [-0.2, -0.15) is 16.6 Å². The zero-order valence-corrected chi connectivity index (χ0v) is 10.8. The van der Waals surface area contributed by atoms with E-state index >= 15 is 0 Å². The molecule has 0 radical (unpaired) electrons. The molecule has 2 aromatic rings. The van der Waals surface area contributed by atoms with Crippen LogP contribution in [0, 0.1) is 17.1 Å². The van der Waals surface area contributed by atoms with Crippen molar-refractivity contribution >= 4 is 17.2 Å². The molecule has 2 rings (SSSR count). The Balaban J connectivity index is 1.92. The summed E-state index contributed by atoms with van der Waals surface area (Å²) in [5.74, 6) is -0.628. The molecule has 0 aliphatic rings. The molecule has 1 amide bonds.